The number of likely N-dealkylation sites (tertiary alicyclic amines) is 1. The van der Waals surface area contributed by atoms with Crippen molar-refractivity contribution in [3.63, 3.8) is 0 Å². The first-order valence-corrected chi connectivity index (χ1v) is 11.7. The van der Waals surface area contributed by atoms with Gasteiger partial charge in [0.2, 0.25) is 5.91 Å². The van der Waals surface area contributed by atoms with E-state index in [0.717, 1.165) is 24.8 Å². The van der Waals surface area contributed by atoms with Gasteiger partial charge in [0, 0.05) is 31.2 Å². The van der Waals surface area contributed by atoms with E-state index in [1.807, 2.05) is 46.2 Å². The third-order valence-electron chi connectivity index (χ3n) is 6.01. The second-order valence-corrected chi connectivity index (χ2v) is 8.66. The fourth-order valence-electron chi connectivity index (χ4n) is 4.44. The number of piperidine rings is 1. The van der Waals surface area contributed by atoms with Crippen LogP contribution >= 0.6 is 11.6 Å². The van der Waals surface area contributed by atoms with Gasteiger partial charge in [0.25, 0.3) is 5.91 Å². The average Bonchev–Trinajstić information content (AvgIpc) is 2.83. The van der Waals surface area contributed by atoms with Crippen LogP contribution in [0.1, 0.15) is 42.1 Å². The molecule has 2 aromatic rings. The Kier molecular flexibility index (Phi) is 7.20. The van der Waals surface area contributed by atoms with Crippen molar-refractivity contribution in [3.8, 4) is 11.5 Å². The summed E-state index contributed by atoms with van der Waals surface area (Å²) in [5, 5.41) is 0.472. The molecular formula is C25H29ClN2O4. The molecule has 32 heavy (non-hydrogen) atoms. The minimum atomic E-state index is 0.0586. The van der Waals surface area contributed by atoms with Crippen molar-refractivity contribution in [1.82, 2.24) is 9.80 Å². The van der Waals surface area contributed by atoms with Crippen LogP contribution in [0.15, 0.2) is 42.5 Å². The van der Waals surface area contributed by atoms with Gasteiger partial charge in [-0.05, 0) is 49.1 Å². The number of carbonyl (C=O) groups excluding carboxylic acids is 2. The normalized spacial score (nSPS) is 16.0. The van der Waals surface area contributed by atoms with Gasteiger partial charge < -0.3 is 19.3 Å². The van der Waals surface area contributed by atoms with Crippen molar-refractivity contribution in [2.24, 2.45) is 0 Å². The molecular weight excluding hydrogens is 428 g/mol. The van der Waals surface area contributed by atoms with E-state index in [-0.39, 0.29) is 24.3 Å². The fraction of sp³-hybridized carbons (Fsp3) is 0.440. The largest absolute Gasteiger partial charge is 0.486 e. The number of carbonyl (C=O) groups is 2. The number of fused-ring (bicyclic) bond motifs is 1. The number of hydrogen-bond donors (Lipinski definition) is 0. The summed E-state index contributed by atoms with van der Waals surface area (Å²) in [6.45, 7) is 5.04. The molecule has 2 aliphatic heterocycles. The Hall–Kier alpha value is -2.73. The molecule has 0 bridgehead atoms. The van der Waals surface area contributed by atoms with Crippen molar-refractivity contribution >= 4 is 23.4 Å². The maximum atomic E-state index is 13.2. The predicted molar refractivity (Wildman–Crippen MR) is 124 cm³/mol. The van der Waals surface area contributed by atoms with Crippen LogP contribution in [0.25, 0.3) is 0 Å². The van der Waals surface area contributed by atoms with Crippen LogP contribution in [0, 0.1) is 0 Å². The van der Waals surface area contributed by atoms with Crippen LogP contribution in [0.4, 0.5) is 0 Å². The fourth-order valence-corrected chi connectivity index (χ4v) is 4.73. The summed E-state index contributed by atoms with van der Waals surface area (Å²) in [6, 6.07) is 13.1. The Bertz CT molecular complexity index is 958. The molecule has 1 fully saturated rings. The third kappa shape index (κ3) is 5.01. The van der Waals surface area contributed by atoms with Crippen molar-refractivity contribution in [1.29, 1.82) is 0 Å². The van der Waals surface area contributed by atoms with Gasteiger partial charge in [-0.1, -0.05) is 36.7 Å². The van der Waals surface area contributed by atoms with Crippen LogP contribution in [0.2, 0.25) is 5.02 Å². The minimum Gasteiger partial charge on any atom is -0.486 e. The second-order valence-electron chi connectivity index (χ2n) is 8.26. The van der Waals surface area contributed by atoms with Gasteiger partial charge in [0.05, 0.1) is 11.4 Å². The SMILES string of the molecule is CCCN(C(=O)Cc1cc(Cl)c2c(c1)OCCO2)C1CCN(C(=O)c2ccccc2)CC1. The van der Waals surface area contributed by atoms with E-state index in [9.17, 15) is 9.59 Å². The third-order valence-corrected chi connectivity index (χ3v) is 6.29. The van der Waals surface area contributed by atoms with Crippen LogP contribution in [0.5, 0.6) is 11.5 Å². The van der Waals surface area contributed by atoms with Gasteiger partial charge in [-0.2, -0.15) is 0 Å². The lowest BCUT2D eigenvalue weighted by atomic mass is 10.0. The number of ether oxygens (including phenoxy) is 2. The van der Waals surface area contributed by atoms with E-state index in [0.29, 0.717) is 54.9 Å². The summed E-state index contributed by atoms with van der Waals surface area (Å²) in [4.78, 5) is 29.9. The Morgan fingerprint density at radius 3 is 2.53 bits per heavy atom. The summed E-state index contributed by atoms with van der Waals surface area (Å²) in [5.74, 6) is 1.28. The number of amides is 2. The Labute approximate surface area is 194 Å². The van der Waals surface area contributed by atoms with Crippen molar-refractivity contribution < 1.29 is 19.1 Å². The number of nitrogens with zero attached hydrogens (tertiary/aromatic N) is 2. The molecule has 170 valence electrons. The van der Waals surface area contributed by atoms with Crippen LogP contribution in [-0.4, -0.2) is 60.5 Å². The van der Waals surface area contributed by atoms with E-state index < -0.39 is 0 Å². The van der Waals surface area contributed by atoms with Crippen LogP contribution in [0.3, 0.4) is 0 Å². The van der Waals surface area contributed by atoms with Gasteiger partial charge >= 0.3 is 0 Å². The maximum Gasteiger partial charge on any atom is 0.253 e. The van der Waals surface area contributed by atoms with Gasteiger partial charge in [0.15, 0.2) is 11.5 Å². The first-order valence-electron chi connectivity index (χ1n) is 11.3. The van der Waals surface area contributed by atoms with Gasteiger partial charge in [0.1, 0.15) is 13.2 Å². The van der Waals surface area contributed by atoms with Crippen molar-refractivity contribution in [2.75, 3.05) is 32.8 Å². The van der Waals surface area contributed by atoms with Gasteiger partial charge in [-0.25, -0.2) is 0 Å². The standard InChI is InChI=1S/C25H29ClN2O4/c1-2-10-28(20-8-11-27(12-9-20)25(30)19-6-4-3-5-7-19)23(29)17-18-15-21(26)24-22(16-18)31-13-14-32-24/h3-7,15-16,20H,2,8-14,17H2,1H3. The van der Waals surface area contributed by atoms with Gasteiger partial charge in [-0.15, -0.1) is 0 Å². The summed E-state index contributed by atoms with van der Waals surface area (Å²) in [6.07, 6.45) is 2.72. The first kappa shape index (κ1) is 22.5. The van der Waals surface area contributed by atoms with Crippen LogP contribution < -0.4 is 9.47 Å². The number of hydrogen-bond acceptors (Lipinski definition) is 4. The molecule has 0 unspecified atom stereocenters. The molecule has 0 saturated carbocycles. The topological polar surface area (TPSA) is 59.1 Å². The molecule has 0 aromatic heterocycles. The van der Waals surface area contributed by atoms with Crippen molar-refractivity contribution in [2.45, 2.75) is 38.6 Å². The number of halogens is 1. The van der Waals surface area contributed by atoms with E-state index in [4.69, 9.17) is 21.1 Å². The predicted octanol–water partition coefficient (Wildman–Crippen LogP) is 4.20. The molecule has 2 aromatic carbocycles. The van der Waals surface area contributed by atoms with E-state index in [1.165, 1.54) is 0 Å². The van der Waals surface area contributed by atoms with Crippen molar-refractivity contribution in [3.05, 3.63) is 58.6 Å². The minimum absolute atomic E-state index is 0.0586. The summed E-state index contributed by atoms with van der Waals surface area (Å²) >= 11 is 6.35. The quantitative estimate of drug-likeness (QED) is 0.653. The molecule has 7 heteroatoms. The van der Waals surface area contributed by atoms with E-state index >= 15 is 0 Å². The molecule has 0 aliphatic carbocycles. The lowest BCUT2D eigenvalue weighted by Gasteiger charge is -2.38. The molecule has 0 spiro atoms. The lowest BCUT2D eigenvalue weighted by molar-refractivity contribution is -0.133. The first-order chi connectivity index (χ1) is 15.6. The second kappa shape index (κ2) is 10.3. The zero-order valence-electron chi connectivity index (χ0n) is 18.4. The average molecular weight is 457 g/mol. The maximum absolute atomic E-state index is 13.2. The molecule has 0 N–H and O–H groups in total. The molecule has 0 atom stereocenters. The Morgan fingerprint density at radius 1 is 1.09 bits per heavy atom. The van der Waals surface area contributed by atoms with Crippen LogP contribution in [-0.2, 0) is 11.2 Å². The highest BCUT2D eigenvalue weighted by Gasteiger charge is 2.30. The molecule has 0 radical (unpaired) electrons. The number of rotatable bonds is 6. The highest BCUT2D eigenvalue weighted by molar-refractivity contribution is 6.32. The molecule has 4 rings (SSSR count). The molecule has 2 aliphatic rings. The molecule has 2 heterocycles. The van der Waals surface area contributed by atoms with E-state index in [2.05, 4.69) is 6.92 Å². The lowest BCUT2D eigenvalue weighted by Crippen LogP contribution is -2.49. The highest BCUT2D eigenvalue weighted by Crippen LogP contribution is 2.38. The highest BCUT2D eigenvalue weighted by atomic mass is 35.5. The number of benzene rings is 2. The van der Waals surface area contributed by atoms with E-state index in [1.54, 1.807) is 6.07 Å². The molecule has 6 nitrogen and oxygen atoms in total. The monoisotopic (exact) mass is 456 g/mol. The smallest absolute Gasteiger partial charge is 0.253 e. The summed E-state index contributed by atoms with van der Waals surface area (Å²) < 4.78 is 11.2. The summed E-state index contributed by atoms with van der Waals surface area (Å²) in [7, 11) is 0. The Morgan fingerprint density at radius 2 is 1.81 bits per heavy atom. The summed E-state index contributed by atoms with van der Waals surface area (Å²) in [5.41, 5.74) is 1.53. The zero-order valence-corrected chi connectivity index (χ0v) is 19.1. The van der Waals surface area contributed by atoms with Gasteiger partial charge in [-0.3, -0.25) is 9.59 Å². The molecule has 1 saturated heterocycles. The Balaban J connectivity index is 1.40. The molecule has 2 amide bonds. The zero-order chi connectivity index (χ0) is 22.5.